The van der Waals surface area contributed by atoms with Crippen LogP contribution in [0.1, 0.15) is 17.7 Å². The Balaban J connectivity index is 1.66. The Bertz CT molecular complexity index is 1030. The van der Waals surface area contributed by atoms with Gasteiger partial charge < -0.3 is 4.74 Å². The first-order chi connectivity index (χ1) is 14.2. The monoisotopic (exact) mass is 500 g/mol. The van der Waals surface area contributed by atoms with E-state index >= 15 is 0 Å². The Morgan fingerprint density at radius 1 is 1.17 bits per heavy atom. The minimum atomic E-state index is -1.64. The van der Waals surface area contributed by atoms with Gasteiger partial charge in [0.05, 0.1) is 5.52 Å². The largest absolute Gasteiger partial charge is 0.445 e. The van der Waals surface area contributed by atoms with Gasteiger partial charge in [-0.3, -0.25) is 10.3 Å². The number of pyridine rings is 1. The summed E-state index contributed by atoms with van der Waals surface area (Å²) in [6.07, 6.45) is 3.22. The number of nitrogens with zero attached hydrogens (tertiary/aromatic N) is 1. The molecule has 0 radical (unpaired) electrons. The van der Waals surface area contributed by atoms with Gasteiger partial charge in [-0.2, -0.15) is 0 Å². The number of carbonyl (C=O) groups is 1. The van der Waals surface area contributed by atoms with Crippen molar-refractivity contribution in [2.75, 3.05) is 18.2 Å². The number of halogens is 3. The highest BCUT2D eigenvalue weighted by molar-refractivity contribution is 7.99. The summed E-state index contributed by atoms with van der Waals surface area (Å²) >= 11 is 20.2. The molecule has 0 spiro atoms. The zero-order valence-electron chi connectivity index (χ0n) is 16.2. The molecule has 2 aromatic carbocycles. The molecule has 0 saturated heterocycles. The van der Waals surface area contributed by atoms with E-state index in [2.05, 4.69) is 41.7 Å². The highest BCUT2D eigenvalue weighted by Gasteiger charge is 2.22. The lowest BCUT2D eigenvalue weighted by molar-refractivity contribution is 0.164. The number of alkyl halides is 3. The van der Waals surface area contributed by atoms with Crippen molar-refractivity contribution in [3.63, 3.8) is 0 Å². The average molecular weight is 502 g/mol. The molecule has 1 unspecified atom stereocenters. The van der Waals surface area contributed by atoms with Crippen molar-refractivity contribution in [3.05, 3.63) is 60.3 Å². The van der Waals surface area contributed by atoms with E-state index in [1.165, 1.54) is 9.79 Å². The molecule has 1 N–H and O–H groups in total. The lowest BCUT2D eigenvalue weighted by Crippen LogP contribution is -2.21. The SMILES string of the molecule is CSc1ccc2c(SC(C)c3ccc(NC(=O)OCC(Cl)(Cl)Cl)cc3)ccnc2c1. The number of fused-ring (bicyclic) bond motifs is 1. The molecule has 0 aliphatic heterocycles. The second kappa shape index (κ2) is 10.3. The van der Waals surface area contributed by atoms with Gasteiger partial charge in [0.25, 0.3) is 0 Å². The summed E-state index contributed by atoms with van der Waals surface area (Å²) in [6.45, 7) is 1.82. The number of hydrogen-bond acceptors (Lipinski definition) is 5. The molecule has 1 aromatic heterocycles. The van der Waals surface area contributed by atoms with Gasteiger partial charge in [-0.25, -0.2) is 4.79 Å². The second-order valence-electron chi connectivity index (χ2n) is 6.39. The topological polar surface area (TPSA) is 51.2 Å². The van der Waals surface area contributed by atoms with Crippen LogP contribution in [-0.4, -0.2) is 27.7 Å². The molecule has 1 amide bonds. The number of benzene rings is 2. The van der Waals surface area contributed by atoms with Crippen molar-refractivity contribution in [2.24, 2.45) is 0 Å². The Morgan fingerprint density at radius 3 is 2.57 bits per heavy atom. The van der Waals surface area contributed by atoms with Crippen LogP contribution >= 0.6 is 58.3 Å². The van der Waals surface area contributed by atoms with Crippen molar-refractivity contribution >= 4 is 81.0 Å². The van der Waals surface area contributed by atoms with Gasteiger partial charge in [0, 0.05) is 32.3 Å². The molecule has 0 aliphatic rings. The molecule has 158 valence electrons. The predicted octanol–water partition coefficient (Wildman–Crippen LogP) is 7.73. The molecule has 9 heteroatoms. The van der Waals surface area contributed by atoms with Crippen LogP contribution in [0.3, 0.4) is 0 Å². The highest BCUT2D eigenvalue weighted by Crippen LogP contribution is 2.38. The first kappa shape index (κ1) is 23.4. The summed E-state index contributed by atoms with van der Waals surface area (Å²) in [5, 5.41) is 3.96. The first-order valence-corrected chi connectivity index (χ1v) is 12.2. The van der Waals surface area contributed by atoms with Gasteiger partial charge >= 0.3 is 6.09 Å². The van der Waals surface area contributed by atoms with Crippen LogP contribution in [0, 0.1) is 0 Å². The number of rotatable bonds is 6. The minimum absolute atomic E-state index is 0.209. The fourth-order valence-corrected chi connectivity index (χ4v) is 4.44. The highest BCUT2D eigenvalue weighted by atomic mass is 35.6. The first-order valence-electron chi connectivity index (χ1n) is 8.95. The van der Waals surface area contributed by atoms with E-state index in [-0.39, 0.29) is 11.9 Å². The third kappa shape index (κ3) is 6.59. The molecular weight excluding hydrogens is 483 g/mol. The van der Waals surface area contributed by atoms with E-state index in [4.69, 9.17) is 39.5 Å². The van der Waals surface area contributed by atoms with E-state index in [1.807, 2.05) is 36.5 Å². The second-order valence-corrected chi connectivity index (χ2v) is 11.2. The van der Waals surface area contributed by atoms with Crippen LogP contribution in [0.25, 0.3) is 10.9 Å². The third-order valence-electron chi connectivity index (χ3n) is 4.21. The van der Waals surface area contributed by atoms with Gasteiger partial charge in [0.15, 0.2) is 0 Å². The van der Waals surface area contributed by atoms with Crippen molar-refractivity contribution in [3.8, 4) is 0 Å². The van der Waals surface area contributed by atoms with E-state index < -0.39 is 9.89 Å². The fraction of sp³-hybridized carbons (Fsp3) is 0.238. The molecular formula is C21H19Cl3N2O2S2. The maximum atomic E-state index is 11.8. The molecule has 1 atom stereocenters. The smallest absolute Gasteiger partial charge is 0.411 e. The summed E-state index contributed by atoms with van der Waals surface area (Å²) in [4.78, 5) is 18.6. The van der Waals surface area contributed by atoms with Crippen molar-refractivity contribution in [2.45, 2.75) is 25.8 Å². The summed E-state index contributed by atoms with van der Waals surface area (Å²) in [6, 6.07) is 16.0. The number of nitrogens with one attached hydrogen (secondary N) is 1. The van der Waals surface area contributed by atoms with Crippen molar-refractivity contribution < 1.29 is 9.53 Å². The van der Waals surface area contributed by atoms with Gasteiger partial charge in [-0.15, -0.1) is 23.5 Å². The van der Waals surface area contributed by atoms with Gasteiger partial charge in [-0.05, 0) is 49.1 Å². The standard InChI is InChI=1S/C21H19Cl3N2O2S2/c1-13(30-19-9-10-25-18-11-16(29-2)7-8-17(18)19)14-3-5-15(6-4-14)26-20(27)28-12-21(22,23)24/h3-11,13H,12H2,1-2H3,(H,26,27). The van der Waals surface area contributed by atoms with E-state index in [0.29, 0.717) is 5.69 Å². The number of amides is 1. The Kier molecular flexibility index (Phi) is 8.04. The lowest BCUT2D eigenvalue weighted by Gasteiger charge is -2.15. The molecule has 4 nitrogen and oxygen atoms in total. The summed E-state index contributed by atoms with van der Waals surface area (Å²) in [7, 11) is 0. The van der Waals surface area contributed by atoms with E-state index in [0.717, 1.165) is 16.5 Å². The van der Waals surface area contributed by atoms with Gasteiger partial charge in [0.1, 0.15) is 6.61 Å². The number of anilines is 1. The summed E-state index contributed by atoms with van der Waals surface area (Å²) in [5.41, 5.74) is 2.72. The maximum Gasteiger partial charge on any atom is 0.411 e. The van der Waals surface area contributed by atoms with Crippen LogP contribution in [0.5, 0.6) is 0 Å². The number of thioether (sulfide) groups is 2. The zero-order valence-corrected chi connectivity index (χ0v) is 20.1. The Morgan fingerprint density at radius 2 is 1.90 bits per heavy atom. The number of aromatic nitrogens is 1. The van der Waals surface area contributed by atoms with Gasteiger partial charge in [-0.1, -0.05) is 53.0 Å². The Hall–Kier alpha value is -1.31. The fourth-order valence-electron chi connectivity index (χ4n) is 2.73. The molecule has 0 aliphatic carbocycles. The van der Waals surface area contributed by atoms with Crippen LogP contribution in [0.15, 0.2) is 64.5 Å². The van der Waals surface area contributed by atoms with Crippen LogP contribution < -0.4 is 5.32 Å². The van der Waals surface area contributed by atoms with Gasteiger partial charge in [0.2, 0.25) is 3.79 Å². The quantitative estimate of drug-likeness (QED) is 0.277. The third-order valence-corrected chi connectivity index (χ3v) is 6.50. The van der Waals surface area contributed by atoms with Crippen molar-refractivity contribution in [1.82, 2.24) is 4.98 Å². The molecule has 3 rings (SSSR count). The van der Waals surface area contributed by atoms with E-state index in [9.17, 15) is 4.79 Å². The van der Waals surface area contributed by atoms with E-state index in [1.54, 1.807) is 23.5 Å². The minimum Gasteiger partial charge on any atom is -0.445 e. The summed E-state index contributed by atoms with van der Waals surface area (Å²) in [5.74, 6) is 0. The molecule has 1 heterocycles. The average Bonchev–Trinajstić information content (AvgIpc) is 2.72. The van der Waals surface area contributed by atoms with Crippen LogP contribution in [-0.2, 0) is 4.74 Å². The Labute approximate surface area is 199 Å². The molecule has 3 aromatic rings. The molecule has 0 bridgehead atoms. The van der Waals surface area contributed by atoms with Crippen LogP contribution in [0.4, 0.5) is 10.5 Å². The van der Waals surface area contributed by atoms with Crippen molar-refractivity contribution in [1.29, 1.82) is 0 Å². The normalized spacial score (nSPS) is 12.6. The van der Waals surface area contributed by atoms with Crippen LogP contribution in [0.2, 0.25) is 0 Å². The number of ether oxygens (including phenoxy) is 1. The molecule has 0 saturated carbocycles. The summed E-state index contributed by atoms with van der Waals surface area (Å²) < 4.78 is 3.23. The zero-order chi connectivity index (χ0) is 21.7. The predicted molar refractivity (Wildman–Crippen MR) is 129 cm³/mol. The maximum absolute atomic E-state index is 11.8. The number of hydrogen-bond donors (Lipinski definition) is 1. The molecule has 30 heavy (non-hydrogen) atoms. The molecule has 0 fully saturated rings. The number of carbonyl (C=O) groups excluding carboxylic acids is 1. The lowest BCUT2D eigenvalue weighted by atomic mass is 10.1.